The molecule has 25 heavy (non-hydrogen) atoms. The van der Waals surface area contributed by atoms with Crippen LogP contribution >= 0.6 is 34.5 Å². The van der Waals surface area contributed by atoms with E-state index in [0.717, 1.165) is 10.1 Å². The number of carbonyl (C=O) groups is 2. The summed E-state index contributed by atoms with van der Waals surface area (Å²) in [7, 11) is 0. The van der Waals surface area contributed by atoms with Crippen LogP contribution < -0.4 is 10.9 Å². The Morgan fingerprint density at radius 3 is 2.44 bits per heavy atom. The molecule has 0 atom stereocenters. The number of thiophene rings is 1. The summed E-state index contributed by atoms with van der Waals surface area (Å²) >= 11 is 13.5. The SMILES string of the molecule is O=C(C=Cc1ccccc1Cl)NNC(=O)c1sc2ccccc2c1Cl. The lowest BCUT2D eigenvalue weighted by molar-refractivity contribution is -0.117. The van der Waals surface area contributed by atoms with Gasteiger partial charge in [-0.15, -0.1) is 11.3 Å². The maximum absolute atomic E-state index is 12.2. The van der Waals surface area contributed by atoms with E-state index < -0.39 is 11.8 Å². The van der Waals surface area contributed by atoms with Crippen molar-refractivity contribution in [3.8, 4) is 0 Å². The van der Waals surface area contributed by atoms with E-state index in [1.54, 1.807) is 24.3 Å². The van der Waals surface area contributed by atoms with Gasteiger partial charge < -0.3 is 0 Å². The molecule has 1 aromatic heterocycles. The molecule has 4 nitrogen and oxygen atoms in total. The van der Waals surface area contributed by atoms with Crippen LogP contribution in [-0.4, -0.2) is 11.8 Å². The van der Waals surface area contributed by atoms with Crippen molar-refractivity contribution in [3.05, 3.63) is 75.1 Å². The molecule has 2 aromatic carbocycles. The van der Waals surface area contributed by atoms with E-state index in [2.05, 4.69) is 10.9 Å². The minimum Gasteiger partial charge on any atom is -0.268 e. The Balaban J connectivity index is 1.64. The van der Waals surface area contributed by atoms with E-state index in [0.29, 0.717) is 20.5 Å². The topological polar surface area (TPSA) is 58.2 Å². The van der Waals surface area contributed by atoms with E-state index in [9.17, 15) is 9.59 Å². The standard InChI is InChI=1S/C18H12Cl2N2O2S/c19-13-7-3-1-5-11(13)9-10-15(23)21-22-18(24)17-16(20)12-6-2-4-8-14(12)25-17/h1-10H,(H,21,23)(H,22,24). The quantitative estimate of drug-likeness (QED) is 0.503. The molecule has 0 spiro atoms. The second kappa shape index (κ2) is 7.70. The Hall–Kier alpha value is -2.34. The highest BCUT2D eigenvalue weighted by molar-refractivity contribution is 7.21. The number of halogens is 2. The number of amides is 2. The number of hydrogen-bond donors (Lipinski definition) is 2. The zero-order valence-corrected chi connectivity index (χ0v) is 15.1. The smallest absolute Gasteiger partial charge is 0.268 e. The van der Waals surface area contributed by atoms with Gasteiger partial charge in [-0.25, -0.2) is 0 Å². The minimum atomic E-state index is -0.481. The highest BCUT2D eigenvalue weighted by Gasteiger charge is 2.16. The van der Waals surface area contributed by atoms with Crippen LogP contribution in [0.15, 0.2) is 54.6 Å². The highest BCUT2D eigenvalue weighted by Crippen LogP contribution is 2.34. The fourth-order valence-electron chi connectivity index (χ4n) is 2.15. The van der Waals surface area contributed by atoms with Crippen molar-refractivity contribution in [2.75, 3.05) is 0 Å². The fraction of sp³-hybridized carbons (Fsp3) is 0. The van der Waals surface area contributed by atoms with Gasteiger partial charge in [0.2, 0.25) is 0 Å². The molecule has 0 fully saturated rings. The van der Waals surface area contributed by atoms with Crippen LogP contribution in [0.1, 0.15) is 15.2 Å². The summed E-state index contributed by atoms with van der Waals surface area (Å²) in [4.78, 5) is 24.4. The molecule has 0 aliphatic carbocycles. The van der Waals surface area contributed by atoms with Crippen molar-refractivity contribution in [1.29, 1.82) is 0 Å². The summed E-state index contributed by atoms with van der Waals surface area (Å²) < 4.78 is 0.905. The zero-order chi connectivity index (χ0) is 17.8. The van der Waals surface area contributed by atoms with Gasteiger partial charge in [-0.05, 0) is 23.8 Å². The summed E-state index contributed by atoms with van der Waals surface area (Å²) in [5, 5.41) is 1.72. The molecule has 7 heteroatoms. The third-order valence-electron chi connectivity index (χ3n) is 3.36. The first-order valence-corrected chi connectivity index (χ1v) is 8.83. The van der Waals surface area contributed by atoms with E-state index in [1.165, 1.54) is 17.4 Å². The predicted octanol–water partition coefficient (Wildman–Crippen LogP) is 4.68. The monoisotopic (exact) mass is 390 g/mol. The normalized spacial score (nSPS) is 11.0. The second-order valence-electron chi connectivity index (χ2n) is 5.04. The van der Waals surface area contributed by atoms with Crippen molar-refractivity contribution < 1.29 is 9.59 Å². The first-order chi connectivity index (χ1) is 12.1. The van der Waals surface area contributed by atoms with Gasteiger partial charge in [-0.1, -0.05) is 59.6 Å². The fourth-order valence-corrected chi connectivity index (χ4v) is 3.76. The molecule has 1 heterocycles. The molecule has 3 rings (SSSR count). The summed E-state index contributed by atoms with van der Waals surface area (Å²) in [6.07, 6.45) is 2.85. The Labute approximate surface area is 158 Å². The van der Waals surface area contributed by atoms with Crippen LogP contribution in [-0.2, 0) is 4.79 Å². The van der Waals surface area contributed by atoms with Crippen LogP contribution in [0.4, 0.5) is 0 Å². The molecule has 2 amide bonds. The lowest BCUT2D eigenvalue weighted by Crippen LogP contribution is -2.40. The van der Waals surface area contributed by atoms with Crippen LogP contribution in [0, 0.1) is 0 Å². The molecule has 0 aliphatic rings. The summed E-state index contributed by atoms with van der Waals surface area (Å²) in [5.41, 5.74) is 5.38. The molecule has 0 aliphatic heterocycles. The summed E-state index contributed by atoms with van der Waals surface area (Å²) in [6.45, 7) is 0. The van der Waals surface area contributed by atoms with Gasteiger partial charge in [0.1, 0.15) is 4.88 Å². The van der Waals surface area contributed by atoms with Gasteiger partial charge in [0.15, 0.2) is 0 Å². The maximum atomic E-state index is 12.2. The van der Waals surface area contributed by atoms with Crippen LogP contribution in [0.3, 0.4) is 0 Å². The summed E-state index contributed by atoms with van der Waals surface area (Å²) in [6, 6.07) is 14.6. The van der Waals surface area contributed by atoms with Crippen molar-refractivity contribution >= 4 is 62.5 Å². The first kappa shape index (κ1) is 17.5. The number of fused-ring (bicyclic) bond motifs is 1. The van der Waals surface area contributed by atoms with Crippen molar-refractivity contribution in [1.82, 2.24) is 10.9 Å². The lowest BCUT2D eigenvalue weighted by atomic mass is 10.2. The second-order valence-corrected chi connectivity index (χ2v) is 6.88. The van der Waals surface area contributed by atoms with Crippen LogP contribution in [0.25, 0.3) is 16.2 Å². The average Bonchev–Trinajstić information content (AvgIpc) is 2.96. The van der Waals surface area contributed by atoms with Gasteiger partial charge in [0.05, 0.1) is 5.02 Å². The molecule has 0 bridgehead atoms. The number of nitrogens with one attached hydrogen (secondary N) is 2. The Kier molecular flexibility index (Phi) is 5.38. The minimum absolute atomic E-state index is 0.346. The van der Waals surface area contributed by atoms with Gasteiger partial charge in [0.25, 0.3) is 11.8 Å². The van der Waals surface area contributed by atoms with E-state index in [1.807, 2.05) is 30.3 Å². The van der Waals surface area contributed by atoms with Crippen LogP contribution in [0.5, 0.6) is 0 Å². The highest BCUT2D eigenvalue weighted by atomic mass is 35.5. The predicted molar refractivity (Wildman–Crippen MR) is 103 cm³/mol. The van der Waals surface area contributed by atoms with Gasteiger partial charge in [0, 0.05) is 21.2 Å². The van der Waals surface area contributed by atoms with E-state index in [-0.39, 0.29) is 0 Å². The lowest BCUT2D eigenvalue weighted by Gasteiger charge is -2.04. The largest absolute Gasteiger partial charge is 0.281 e. The first-order valence-electron chi connectivity index (χ1n) is 7.26. The Bertz CT molecular complexity index is 982. The van der Waals surface area contributed by atoms with Crippen molar-refractivity contribution in [3.63, 3.8) is 0 Å². The molecule has 2 N–H and O–H groups in total. The third kappa shape index (κ3) is 4.02. The third-order valence-corrected chi connectivity index (χ3v) is 5.38. The molecular weight excluding hydrogens is 379 g/mol. The molecule has 0 unspecified atom stereocenters. The zero-order valence-electron chi connectivity index (χ0n) is 12.8. The number of hydrazine groups is 1. The Morgan fingerprint density at radius 2 is 1.68 bits per heavy atom. The number of carbonyl (C=O) groups excluding carboxylic acids is 2. The van der Waals surface area contributed by atoms with Crippen LogP contribution in [0.2, 0.25) is 10.0 Å². The van der Waals surface area contributed by atoms with Gasteiger partial charge in [-0.3, -0.25) is 20.4 Å². The maximum Gasteiger partial charge on any atom is 0.281 e. The number of rotatable bonds is 3. The van der Waals surface area contributed by atoms with E-state index >= 15 is 0 Å². The Morgan fingerprint density at radius 1 is 0.960 bits per heavy atom. The molecule has 0 saturated heterocycles. The van der Waals surface area contributed by atoms with E-state index in [4.69, 9.17) is 23.2 Å². The molecule has 0 saturated carbocycles. The van der Waals surface area contributed by atoms with Gasteiger partial charge >= 0.3 is 0 Å². The summed E-state index contributed by atoms with van der Waals surface area (Å²) in [5.74, 6) is -0.948. The van der Waals surface area contributed by atoms with Gasteiger partial charge in [-0.2, -0.15) is 0 Å². The molecule has 126 valence electrons. The van der Waals surface area contributed by atoms with Crippen molar-refractivity contribution in [2.24, 2.45) is 0 Å². The number of hydrogen-bond acceptors (Lipinski definition) is 3. The molecule has 0 radical (unpaired) electrons. The molecular formula is C18H12Cl2N2O2S. The number of benzene rings is 2. The average molecular weight is 391 g/mol. The van der Waals surface area contributed by atoms with Crippen molar-refractivity contribution in [2.45, 2.75) is 0 Å². The molecule has 3 aromatic rings.